The van der Waals surface area contributed by atoms with Crippen molar-refractivity contribution in [1.29, 1.82) is 0 Å². The van der Waals surface area contributed by atoms with E-state index in [1.54, 1.807) is 18.4 Å². The molecule has 6 heteroatoms. The fraction of sp³-hybridized carbons (Fsp3) is 0.417. The molecule has 4 aromatic rings. The molecule has 0 amide bonds. The maximum Gasteiger partial charge on any atom is 0.154 e. The summed E-state index contributed by atoms with van der Waals surface area (Å²) >= 11 is 1.76. The van der Waals surface area contributed by atoms with E-state index in [1.807, 2.05) is 10.7 Å². The van der Waals surface area contributed by atoms with Gasteiger partial charge in [-0.2, -0.15) is 0 Å². The Morgan fingerprint density at radius 3 is 2.70 bits per heavy atom. The number of aromatic nitrogens is 3. The van der Waals surface area contributed by atoms with Crippen LogP contribution in [0.5, 0.6) is 5.75 Å². The lowest BCUT2D eigenvalue weighted by atomic mass is 9.87. The molecule has 30 heavy (non-hydrogen) atoms. The summed E-state index contributed by atoms with van der Waals surface area (Å²) in [7, 11) is 3.90. The Morgan fingerprint density at radius 1 is 1.13 bits per heavy atom. The van der Waals surface area contributed by atoms with Crippen LogP contribution in [-0.2, 0) is 0 Å². The molecule has 156 valence electrons. The van der Waals surface area contributed by atoms with Crippen LogP contribution in [0, 0.1) is 12.8 Å². The third-order valence-corrected chi connectivity index (χ3v) is 7.65. The highest BCUT2D eigenvalue weighted by Gasteiger charge is 2.23. The van der Waals surface area contributed by atoms with Gasteiger partial charge in [-0.25, -0.2) is 9.50 Å². The van der Waals surface area contributed by atoms with Crippen LogP contribution in [0.1, 0.15) is 38.2 Å². The average molecular weight is 421 g/mol. The molecular formula is C24H28N4OS. The van der Waals surface area contributed by atoms with E-state index in [1.165, 1.54) is 40.6 Å². The van der Waals surface area contributed by atoms with Gasteiger partial charge in [0.15, 0.2) is 5.65 Å². The molecule has 5 rings (SSSR count). The maximum atomic E-state index is 5.50. The molecule has 5 nitrogen and oxygen atoms in total. The molecular weight excluding hydrogens is 392 g/mol. The minimum absolute atomic E-state index is 0.567. The molecule has 0 atom stereocenters. The zero-order valence-electron chi connectivity index (χ0n) is 18.1. The zero-order valence-corrected chi connectivity index (χ0v) is 18.9. The third-order valence-electron chi connectivity index (χ3n) is 6.53. The van der Waals surface area contributed by atoms with Gasteiger partial charge in [0, 0.05) is 17.8 Å². The lowest BCUT2D eigenvalue weighted by Gasteiger charge is -2.34. The first-order valence-corrected chi connectivity index (χ1v) is 11.5. The van der Waals surface area contributed by atoms with Crippen molar-refractivity contribution in [3.8, 4) is 16.3 Å². The fourth-order valence-corrected chi connectivity index (χ4v) is 5.63. The van der Waals surface area contributed by atoms with Crippen LogP contribution < -0.4 is 9.64 Å². The predicted molar refractivity (Wildman–Crippen MR) is 125 cm³/mol. The van der Waals surface area contributed by atoms with Crippen molar-refractivity contribution in [3.05, 3.63) is 42.1 Å². The number of hydrogen-bond acceptors (Lipinski definition) is 5. The van der Waals surface area contributed by atoms with Crippen molar-refractivity contribution in [2.75, 3.05) is 19.1 Å². The summed E-state index contributed by atoms with van der Waals surface area (Å²) in [6, 6.07) is 11.3. The van der Waals surface area contributed by atoms with Crippen LogP contribution in [0.25, 0.3) is 26.3 Å². The predicted octanol–water partition coefficient (Wildman–Crippen LogP) is 5.94. The molecule has 1 saturated carbocycles. The van der Waals surface area contributed by atoms with Gasteiger partial charge < -0.3 is 9.64 Å². The van der Waals surface area contributed by atoms with Crippen LogP contribution in [0.3, 0.4) is 0 Å². The molecule has 3 aromatic heterocycles. The number of fused-ring (bicyclic) bond motifs is 2. The Bertz CT molecular complexity index is 1200. The molecule has 0 radical (unpaired) electrons. The van der Waals surface area contributed by atoms with E-state index >= 15 is 0 Å². The summed E-state index contributed by atoms with van der Waals surface area (Å²) in [5.74, 6) is 2.79. The average Bonchev–Trinajstić information content (AvgIpc) is 3.35. The van der Waals surface area contributed by atoms with Crippen molar-refractivity contribution < 1.29 is 4.74 Å². The highest BCUT2D eigenvalue weighted by Crippen LogP contribution is 2.37. The molecule has 0 saturated heterocycles. The first-order valence-electron chi connectivity index (χ1n) is 10.7. The van der Waals surface area contributed by atoms with Crippen LogP contribution in [-0.4, -0.2) is 34.8 Å². The molecule has 0 unspecified atom stereocenters. The van der Waals surface area contributed by atoms with Crippen molar-refractivity contribution in [2.45, 2.75) is 45.6 Å². The Morgan fingerprint density at radius 2 is 1.93 bits per heavy atom. The number of methoxy groups -OCH3 is 1. The topological polar surface area (TPSA) is 42.7 Å². The Labute approximate surface area is 181 Å². The van der Waals surface area contributed by atoms with Gasteiger partial charge in [-0.05, 0) is 79.8 Å². The zero-order chi connectivity index (χ0) is 20.8. The van der Waals surface area contributed by atoms with Crippen LogP contribution in [0.15, 0.2) is 36.5 Å². The number of anilines is 1. The summed E-state index contributed by atoms with van der Waals surface area (Å²) in [6.45, 7) is 4.44. The minimum atomic E-state index is 0.567. The van der Waals surface area contributed by atoms with Gasteiger partial charge in [-0.15, -0.1) is 16.4 Å². The Hall–Kier alpha value is -2.60. The number of imidazole rings is 1. The van der Waals surface area contributed by atoms with Crippen LogP contribution in [0.4, 0.5) is 5.82 Å². The molecule has 3 heterocycles. The standard InChI is InChI=1S/C24H28N4OS/c1-15-5-7-18(8-6-15)27(3)24-10-9-23-25-14-19(28(23)26-24)22-12-17-11-16(2)20(29-4)13-21(17)30-22/h9-15,18H,5-8H2,1-4H3/t15-,18-. The van der Waals surface area contributed by atoms with E-state index in [4.69, 9.17) is 9.84 Å². The first kappa shape index (κ1) is 19.4. The smallest absolute Gasteiger partial charge is 0.154 e. The second-order valence-electron chi connectivity index (χ2n) is 8.60. The van der Waals surface area contributed by atoms with Crippen molar-refractivity contribution in [3.63, 3.8) is 0 Å². The lowest BCUT2D eigenvalue weighted by Crippen LogP contribution is -2.35. The quantitative estimate of drug-likeness (QED) is 0.410. The molecule has 0 spiro atoms. The van der Waals surface area contributed by atoms with E-state index in [0.29, 0.717) is 6.04 Å². The third kappa shape index (κ3) is 3.33. The molecule has 1 fully saturated rings. The van der Waals surface area contributed by atoms with Gasteiger partial charge in [0.1, 0.15) is 17.3 Å². The maximum absolute atomic E-state index is 5.50. The van der Waals surface area contributed by atoms with Crippen LogP contribution >= 0.6 is 11.3 Å². The van der Waals surface area contributed by atoms with Gasteiger partial charge in [0.25, 0.3) is 0 Å². The Kier molecular flexibility index (Phi) is 4.89. The van der Waals surface area contributed by atoms with Gasteiger partial charge in [0.2, 0.25) is 0 Å². The monoisotopic (exact) mass is 420 g/mol. The number of nitrogens with zero attached hydrogens (tertiary/aromatic N) is 4. The van der Waals surface area contributed by atoms with Gasteiger partial charge in [-0.3, -0.25) is 0 Å². The Balaban J connectivity index is 1.52. The second-order valence-corrected chi connectivity index (χ2v) is 9.68. The number of aryl methyl sites for hydroxylation is 1. The van der Waals surface area contributed by atoms with E-state index < -0.39 is 0 Å². The summed E-state index contributed by atoms with van der Waals surface area (Å²) in [5.41, 5.74) is 3.07. The molecule has 1 aliphatic carbocycles. The molecule has 1 aliphatic rings. The number of ether oxygens (including phenoxy) is 1. The SMILES string of the molecule is COc1cc2sc(-c3cnc4ccc(N(C)[C@H]5CC[C@H](C)CC5)nn34)cc2cc1C. The van der Waals surface area contributed by atoms with Crippen molar-refractivity contribution in [1.82, 2.24) is 14.6 Å². The van der Waals surface area contributed by atoms with Crippen molar-refractivity contribution in [2.24, 2.45) is 5.92 Å². The van der Waals surface area contributed by atoms with E-state index in [9.17, 15) is 0 Å². The van der Waals surface area contributed by atoms with Crippen LogP contribution in [0.2, 0.25) is 0 Å². The number of rotatable bonds is 4. The normalized spacial score (nSPS) is 19.5. The van der Waals surface area contributed by atoms with Gasteiger partial charge in [-0.1, -0.05) is 6.92 Å². The number of thiophene rings is 1. The first-order chi connectivity index (χ1) is 14.5. The summed E-state index contributed by atoms with van der Waals surface area (Å²) < 4.78 is 8.71. The second kappa shape index (κ2) is 7.58. The lowest BCUT2D eigenvalue weighted by molar-refractivity contribution is 0.339. The highest BCUT2D eigenvalue weighted by atomic mass is 32.1. The van der Waals surface area contributed by atoms with Crippen molar-refractivity contribution >= 4 is 32.9 Å². The van der Waals surface area contributed by atoms with E-state index in [-0.39, 0.29) is 0 Å². The number of hydrogen-bond donors (Lipinski definition) is 0. The highest BCUT2D eigenvalue weighted by molar-refractivity contribution is 7.22. The largest absolute Gasteiger partial charge is 0.496 e. The molecule has 0 N–H and O–H groups in total. The molecule has 0 aliphatic heterocycles. The minimum Gasteiger partial charge on any atom is -0.496 e. The molecule has 1 aromatic carbocycles. The van der Waals surface area contributed by atoms with E-state index in [2.05, 4.69) is 61.1 Å². The summed E-state index contributed by atoms with van der Waals surface area (Å²) in [6.07, 6.45) is 7.02. The number of benzene rings is 1. The molecule has 0 bridgehead atoms. The fourth-order valence-electron chi connectivity index (χ4n) is 4.56. The summed E-state index contributed by atoms with van der Waals surface area (Å²) in [5, 5.41) is 6.22. The summed E-state index contributed by atoms with van der Waals surface area (Å²) in [4.78, 5) is 8.13. The van der Waals surface area contributed by atoms with E-state index in [0.717, 1.165) is 34.4 Å². The van der Waals surface area contributed by atoms with Gasteiger partial charge >= 0.3 is 0 Å². The van der Waals surface area contributed by atoms with Gasteiger partial charge in [0.05, 0.1) is 18.2 Å².